The van der Waals surface area contributed by atoms with Crippen molar-refractivity contribution in [2.24, 2.45) is 0 Å². The molecule has 186 valence electrons. The van der Waals surface area contributed by atoms with Crippen LogP contribution in [0.15, 0.2) is 42.5 Å². The second-order valence-corrected chi connectivity index (χ2v) is 9.17. The highest BCUT2D eigenvalue weighted by Gasteiger charge is 2.36. The zero-order chi connectivity index (χ0) is 24.7. The average Bonchev–Trinajstić information content (AvgIpc) is 2.76. The van der Waals surface area contributed by atoms with Crippen LogP contribution in [0.3, 0.4) is 0 Å². The minimum absolute atomic E-state index is 0.0367. The molecule has 1 unspecified atom stereocenters. The predicted molar refractivity (Wildman–Crippen MR) is 126 cm³/mol. The zero-order valence-corrected chi connectivity index (χ0v) is 19.9. The van der Waals surface area contributed by atoms with Crippen molar-refractivity contribution in [3.63, 3.8) is 0 Å². The van der Waals surface area contributed by atoms with E-state index in [1.165, 1.54) is 19.1 Å². The van der Waals surface area contributed by atoms with E-state index < -0.39 is 29.3 Å². The molecule has 0 spiro atoms. The van der Waals surface area contributed by atoms with E-state index in [0.717, 1.165) is 30.2 Å². The zero-order valence-electron chi connectivity index (χ0n) is 19.9. The first-order valence-corrected chi connectivity index (χ1v) is 11.7. The molecule has 3 rings (SSSR count). The molecule has 8 heteroatoms. The number of amides is 1. The summed E-state index contributed by atoms with van der Waals surface area (Å²) < 4.78 is 39.0. The van der Waals surface area contributed by atoms with Crippen molar-refractivity contribution < 1.29 is 28.2 Å². The van der Waals surface area contributed by atoms with Gasteiger partial charge in [0.2, 0.25) is 5.91 Å². The lowest BCUT2D eigenvalue weighted by molar-refractivity contribution is -0.120. The second-order valence-electron chi connectivity index (χ2n) is 9.17. The first-order valence-electron chi connectivity index (χ1n) is 11.7. The summed E-state index contributed by atoms with van der Waals surface area (Å²) in [5, 5.41) is 17.2. The Labute approximate surface area is 199 Å². The molecule has 1 saturated heterocycles. The first kappa shape index (κ1) is 26.1. The molecule has 1 aliphatic rings. The molecular formula is C26H34F2N2O4. The highest BCUT2D eigenvalue weighted by molar-refractivity contribution is 5.73. The maximum absolute atomic E-state index is 13.7. The minimum atomic E-state index is -1.01. The summed E-state index contributed by atoms with van der Waals surface area (Å²) >= 11 is 0. The molecule has 34 heavy (non-hydrogen) atoms. The third-order valence-electron chi connectivity index (χ3n) is 5.88. The molecule has 2 aromatic carbocycles. The Morgan fingerprint density at radius 3 is 2.56 bits per heavy atom. The topological polar surface area (TPSA) is 79.8 Å². The van der Waals surface area contributed by atoms with Crippen LogP contribution >= 0.6 is 0 Å². The molecule has 1 aliphatic heterocycles. The van der Waals surface area contributed by atoms with Crippen LogP contribution in [0, 0.1) is 11.6 Å². The summed E-state index contributed by atoms with van der Waals surface area (Å²) in [5.41, 5.74) is 0.798. The molecule has 6 nitrogen and oxygen atoms in total. The summed E-state index contributed by atoms with van der Waals surface area (Å²) in [7, 11) is 0. The largest absolute Gasteiger partial charge is 0.491 e. The maximum Gasteiger partial charge on any atom is 0.217 e. The van der Waals surface area contributed by atoms with E-state index >= 15 is 0 Å². The summed E-state index contributed by atoms with van der Waals surface area (Å²) in [6.45, 7) is 6.50. The van der Waals surface area contributed by atoms with Crippen molar-refractivity contribution in [1.82, 2.24) is 10.6 Å². The second kappa shape index (κ2) is 11.7. The van der Waals surface area contributed by atoms with Gasteiger partial charge in [0.05, 0.1) is 30.4 Å². The van der Waals surface area contributed by atoms with Crippen LogP contribution in [0.25, 0.3) is 0 Å². The molecule has 1 heterocycles. The van der Waals surface area contributed by atoms with Gasteiger partial charge in [-0.2, -0.15) is 0 Å². The van der Waals surface area contributed by atoms with Crippen LogP contribution in [0.2, 0.25) is 0 Å². The number of ether oxygens (including phenoxy) is 2. The van der Waals surface area contributed by atoms with E-state index in [2.05, 4.69) is 10.6 Å². The molecular weight excluding hydrogens is 442 g/mol. The quantitative estimate of drug-likeness (QED) is 0.490. The summed E-state index contributed by atoms with van der Waals surface area (Å²) in [4.78, 5) is 11.8. The maximum atomic E-state index is 13.7. The lowest BCUT2D eigenvalue weighted by Crippen LogP contribution is -2.55. The van der Waals surface area contributed by atoms with Crippen LogP contribution in [-0.2, 0) is 21.5 Å². The van der Waals surface area contributed by atoms with Gasteiger partial charge in [0, 0.05) is 26.1 Å². The normalized spacial score (nSPS) is 20.1. The van der Waals surface area contributed by atoms with Crippen molar-refractivity contribution in [2.75, 3.05) is 19.8 Å². The molecule has 3 atom stereocenters. The van der Waals surface area contributed by atoms with Crippen LogP contribution < -0.4 is 15.4 Å². The van der Waals surface area contributed by atoms with Gasteiger partial charge in [0.1, 0.15) is 17.4 Å². The van der Waals surface area contributed by atoms with Gasteiger partial charge in [-0.15, -0.1) is 0 Å². The van der Waals surface area contributed by atoms with E-state index in [4.69, 9.17) is 9.47 Å². The van der Waals surface area contributed by atoms with Gasteiger partial charge in [-0.1, -0.05) is 12.1 Å². The Hall–Kier alpha value is -2.55. The van der Waals surface area contributed by atoms with Gasteiger partial charge >= 0.3 is 0 Å². The molecule has 1 fully saturated rings. The van der Waals surface area contributed by atoms with Crippen LogP contribution in [0.1, 0.15) is 44.7 Å². The van der Waals surface area contributed by atoms with Gasteiger partial charge in [0.25, 0.3) is 0 Å². The van der Waals surface area contributed by atoms with E-state index in [9.17, 15) is 18.7 Å². The van der Waals surface area contributed by atoms with Crippen molar-refractivity contribution >= 4 is 5.91 Å². The fourth-order valence-electron chi connectivity index (χ4n) is 4.37. The number of carbonyl (C=O) groups is 1. The fourth-order valence-corrected chi connectivity index (χ4v) is 4.37. The first-order chi connectivity index (χ1) is 16.2. The number of hydrogen-bond acceptors (Lipinski definition) is 5. The Morgan fingerprint density at radius 1 is 1.21 bits per heavy atom. The van der Waals surface area contributed by atoms with Gasteiger partial charge in [-0.05, 0) is 68.5 Å². The average molecular weight is 477 g/mol. The van der Waals surface area contributed by atoms with Gasteiger partial charge in [0.15, 0.2) is 0 Å². The molecule has 0 bridgehead atoms. The number of halogens is 2. The Bertz CT molecular complexity index is 943. The van der Waals surface area contributed by atoms with Gasteiger partial charge in [-0.25, -0.2) is 8.78 Å². The van der Waals surface area contributed by atoms with E-state index in [1.54, 1.807) is 0 Å². The molecule has 0 radical (unpaired) electrons. The van der Waals surface area contributed by atoms with E-state index in [1.807, 2.05) is 38.1 Å². The van der Waals surface area contributed by atoms with Gasteiger partial charge < -0.3 is 25.2 Å². The number of carbonyl (C=O) groups excluding carboxylic acids is 1. The lowest BCUT2D eigenvalue weighted by atomic mass is 9.84. The number of rotatable bonds is 10. The number of hydrogen-bond donors (Lipinski definition) is 3. The molecule has 0 aliphatic carbocycles. The summed E-state index contributed by atoms with van der Waals surface area (Å²) in [6, 6.07) is 10.3. The number of nitrogens with one attached hydrogen (secondary N) is 2. The summed E-state index contributed by atoms with van der Waals surface area (Å²) in [5.74, 6) is -0.990. The Kier molecular flexibility index (Phi) is 8.99. The highest BCUT2D eigenvalue weighted by Crippen LogP contribution is 2.33. The lowest BCUT2D eigenvalue weighted by Gasteiger charge is -2.40. The van der Waals surface area contributed by atoms with Crippen LogP contribution in [0.5, 0.6) is 5.75 Å². The van der Waals surface area contributed by atoms with Crippen molar-refractivity contribution in [3.05, 3.63) is 65.2 Å². The number of aliphatic hydroxyl groups is 1. The predicted octanol–water partition coefficient (Wildman–Crippen LogP) is 3.46. The molecule has 2 aromatic rings. The Balaban J connectivity index is 1.78. The summed E-state index contributed by atoms with van der Waals surface area (Å²) in [6.07, 6.45) is 0.748. The van der Waals surface area contributed by atoms with Crippen molar-refractivity contribution in [1.29, 1.82) is 0 Å². The highest BCUT2D eigenvalue weighted by atomic mass is 19.1. The van der Waals surface area contributed by atoms with Crippen molar-refractivity contribution in [2.45, 2.75) is 63.8 Å². The molecule has 0 saturated carbocycles. The van der Waals surface area contributed by atoms with Crippen LogP contribution in [0.4, 0.5) is 8.78 Å². The van der Waals surface area contributed by atoms with Crippen LogP contribution in [-0.4, -0.2) is 49.0 Å². The minimum Gasteiger partial charge on any atom is -0.491 e. The monoisotopic (exact) mass is 476 g/mol. The standard InChI is InChI=1S/C26H34F2N2O4/c1-17(2)34-23-7-4-6-20(13-23)26(8-5-9-33-16-26)29-15-25(32)24(30-18(3)31)12-19-10-21(27)14-22(28)11-19/h4,6-7,10-11,13-14,17,24-25,29,32H,5,8-9,12,15-16H2,1-3H3,(H,30,31)/t24-,25-,26?/m0/s1. The SMILES string of the molecule is CC(=O)N[C@@H](Cc1cc(F)cc(F)c1)[C@@H](O)CNC1(c2cccc(OC(C)C)c2)CCCOC1. The fraction of sp³-hybridized carbons (Fsp3) is 0.500. The van der Waals surface area contributed by atoms with E-state index in [-0.39, 0.29) is 25.0 Å². The smallest absolute Gasteiger partial charge is 0.217 e. The number of benzene rings is 2. The number of aliphatic hydroxyl groups excluding tert-OH is 1. The third kappa shape index (κ3) is 7.22. The molecule has 1 amide bonds. The Morgan fingerprint density at radius 2 is 1.94 bits per heavy atom. The molecule has 3 N–H and O–H groups in total. The third-order valence-corrected chi connectivity index (χ3v) is 5.88. The molecule has 0 aromatic heterocycles. The van der Waals surface area contributed by atoms with Crippen molar-refractivity contribution in [3.8, 4) is 5.75 Å². The van der Waals surface area contributed by atoms with E-state index in [0.29, 0.717) is 18.8 Å². The van der Waals surface area contributed by atoms with Gasteiger partial charge in [-0.3, -0.25) is 4.79 Å².